The lowest BCUT2D eigenvalue weighted by molar-refractivity contribution is -0.131. The highest BCUT2D eigenvalue weighted by molar-refractivity contribution is 7.09. The predicted octanol–water partition coefficient (Wildman–Crippen LogP) is 2.11. The number of hydrogen-bond acceptors (Lipinski definition) is 6. The molecule has 1 aromatic heterocycles. The minimum Gasteiger partial charge on any atom is -0.444 e. The van der Waals surface area contributed by atoms with Gasteiger partial charge in [0.15, 0.2) is 0 Å². The van der Waals surface area contributed by atoms with Crippen LogP contribution in [0.2, 0.25) is 0 Å². The molecule has 168 valence electrons. The smallest absolute Gasteiger partial charge is 0.407 e. The maximum absolute atomic E-state index is 12.5. The van der Waals surface area contributed by atoms with Crippen LogP contribution in [0.3, 0.4) is 0 Å². The van der Waals surface area contributed by atoms with Gasteiger partial charge in [-0.1, -0.05) is 6.07 Å². The average Bonchev–Trinajstić information content (AvgIpc) is 3.21. The molecule has 3 amide bonds. The average molecular weight is 439 g/mol. The maximum atomic E-state index is 12.5. The van der Waals surface area contributed by atoms with Crippen molar-refractivity contribution in [1.29, 1.82) is 0 Å². The van der Waals surface area contributed by atoms with E-state index in [2.05, 4.69) is 20.9 Å². The number of hydrogen-bond donors (Lipinski definition) is 3. The summed E-state index contributed by atoms with van der Waals surface area (Å²) >= 11 is 1.61. The largest absolute Gasteiger partial charge is 0.444 e. The van der Waals surface area contributed by atoms with E-state index in [1.165, 1.54) is 0 Å². The second kappa shape index (κ2) is 11.3. The molecule has 1 aromatic rings. The van der Waals surface area contributed by atoms with Gasteiger partial charge in [0.05, 0.1) is 18.5 Å². The van der Waals surface area contributed by atoms with Gasteiger partial charge in [-0.2, -0.15) is 0 Å². The first kappa shape index (κ1) is 24.1. The van der Waals surface area contributed by atoms with Crippen molar-refractivity contribution in [3.8, 4) is 0 Å². The summed E-state index contributed by atoms with van der Waals surface area (Å²) < 4.78 is 5.16. The monoisotopic (exact) mass is 438 g/mol. The number of rotatable bonds is 8. The van der Waals surface area contributed by atoms with Crippen molar-refractivity contribution >= 4 is 29.2 Å². The van der Waals surface area contributed by atoms with Crippen molar-refractivity contribution in [3.63, 3.8) is 0 Å². The first-order valence-corrected chi connectivity index (χ1v) is 11.3. The fourth-order valence-corrected chi connectivity index (χ4v) is 3.93. The molecule has 9 heteroatoms. The van der Waals surface area contributed by atoms with Crippen LogP contribution in [0.1, 0.15) is 45.4 Å². The first-order chi connectivity index (χ1) is 14.2. The number of thiophene rings is 1. The predicted molar refractivity (Wildman–Crippen MR) is 117 cm³/mol. The highest BCUT2D eigenvalue weighted by atomic mass is 32.1. The number of nitrogens with zero attached hydrogens (tertiary/aromatic N) is 1. The molecule has 1 aliphatic rings. The standard InChI is InChI=1S/C21H34N4O4S/c1-15(18(26)24-13-17-8-6-12-30-17)25-11-5-7-16(14-25)19(27)22-9-10-23-20(28)29-21(2,3)4/h6,8,12,15-16H,5,7,9-11,13-14H2,1-4H3,(H,22,27)(H,23,28)(H,24,26). The number of nitrogens with one attached hydrogen (secondary N) is 3. The molecule has 0 saturated carbocycles. The van der Waals surface area contributed by atoms with Gasteiger partial charge in [-0.25, -0.2) is 4.79 Å². The third kappa shape index (κ3) is 8.31. The molecular weight excluding hydrogens is 404 g/mol. The number of piperidine rings is 1. The molecule has 2 rings (SSSR count). The molecule has 0 aliphatic carbocycles. The Bertz CT molecular complexity index is 702. The third-order valence-electron chi connectivity index (χ3n) is 4.86. The third-order valence-corrected chi connectivity index (χ3v) is 5.74. The first-order valence-electron chi connectivity index (χ1n) is 10.4. The summed E-state index contributed by atoms with van der Waals surface area (Å²) in [6.07, 6.45) is 1.17. The fourth-order valence-electron chi connectivity index (χ4n) is 3.28. The summed E-state index contributed by atoms with van der Waals surface area (Å²) in [6.45, 7) is 9.81. The highest BCUT2D eigenvalue weighted by Gasteiger charge is 2.30. The van der Waals surface area contributed by atoms with Gasteiger partial charge in [0.25, 0.3) is 0 Å². The van der Waals surface area contributed by atoms with Gasteiger partial charge in [-0.3, -0.25) is 14.5 Å². The Labute approximate surface area is 182 Å². The molecule has 3 N–H and O–H groups in total. The van der Waals surface area contributed by atoms with E-state index in [4.69, 9.17) is 4.74 Å². The van der Waals surface area contributed by atoms with Crippen LogP contribution in [-0.2, 0) is 20.9 Å². The SMILES string of the molecule is CC(C(=O)NCc1cccs1)N1CCCC(C(=O)NCCNC(=O)OC(C)(C)C)C1. The van der Waals surface area contributed by atoms with Crippen LogP contribution in [0, 0.1) is 5.92 Å². The maximum Gasteiger partial charge on any atom is 0.407 e. The van der Waals surface area contributed by atoms with Gasteiger partial charge in [0.1, 0.15) is 5.60 Å². The Morgan fingerprint density at radius 2 is 1.97 bits per heavy atom. The van der Waals surface area contributed by atoms with Crippen LogP contribution in [0.25, 0.3) is 0 Å². The topological polar surface area (TPSA) is 99.8 Å². The molecule has 0 spiro atoms. The zero-order chi connectivity index (χ0) is 22.1. The van der Waals surface area contributed by atoms with E-state index >= 15 is 0 Å². The van der Waals surface area contributed by atoms with Crippen molar-refractivity contribution in [2.75, 3.05) is 26.2 Å². The van der Waals surface area contributed by atoms with Crippen LogP contribution in [-0.4, -0.2) is 60.6 Å². The summed E-state index contributed by atoms with van der Waals surface area (Å²) in [6, 6.07) is 3.68. The highest BCUT2D eigenvalue weighted by Crippen LogP contribution is 2.19. The van der Waals surface area contributed by atoms with Crippen LogP contribution < -0.4 is 16.0 Å². The fraction of sp³-hybridized carbons (Fsp3) is 0.667. The summed E-state index contributed by atoms with van der Waals surface area (Å²) in [5, 5.41) is 10.5. The second-order valence-electron chi connectivity index (χ2n) is 8.53. The summed E-state index contributed by atoms with van der Waals surface area (Å²) in [4.78, 5) is 39.8. The Kier molecular flexibility index (Phi) is 9.10. The van der Waals surface area contributed by atoms with Gasteiger partial charge < -0.3 is 20.7 Å². The lowest BCUT2D eigenvalue weighted by Crippen LogP contribution is -2.51. The Morgan fingerprint density at radius 1 is 1.23 bits per heavy atom. The van der Waals surface area contributed by atoms with Crippen LogP contribution in [0.15, 0.2) is 17.5 Å². The molecule has 1 aliphatic heterocycles. The van der Waals surface area contributed by atoms with Crippen LogP contribution in [0.5, 0.6) is 0 Å². The number of likely N-dealkylation sites (tertiary alicyclic amines) is 1. The quantitative estimate of drug-likeness (QED) is 0.540. The molecule has 30 heavy (non-hydrogen) atoms. The molecule has 2 unspecified atom stereocenters. The molecule has 1 saturated heterocycles. The Morgan fingerprint density at radius 3 is 2.63 bits per heavy atom. The molecule has 0 bridgehead atoms. The van der Waals surface area contributed by atoms with Crippen molar-refractivity contribution in [1.82, 2.24) is 20.9 Å². The van der Waals surface area contributed by atoms with Gasteiger partial charge in [-0.05, 0) is 58.5 Å². The zero-order valence-electron chi connectivity index (χ0n) is 18.3. The van der Waals surface area contributed by atoms with E-state index in [1.54, 1.807) is 32.1 Å². The minimum atomic E-state index is -0.550. The van der Waals surface area contributed by atoms with E-state index in [-0.39, 0.29) is 23.8 Å². The molecule has 1 fully saturated rings. The van der Waals surface area contributed by atoms with E-state index in [9.17, 15) is 14.4 Å². The molecule has 8 nitrogen and oxygen atoms in total. The normalized spacial score (nSPS) is 18.3. The van der Waals surface area contributed by atoms with Gasteiger partial charge in [0.2, 0.25) is 11.8 Å². The summed E-state index contributed by atoms with van der Waals surface area (Å²) in [5.41, 5.74) is -0.550. The molecule has 2 heterocycles. The van der Waals surface area contributed by atoms with Crippen molar-refractivity contribution in [2.24, 2.45) is 5.92 Å². The van der Waals surface area contributed by atoms with E-state index < -0.39 is 11.7 Å². The minimum absolute atomic E-state index is 0.0222. The van der Waals surface area contributed by atoms with Crippen molar-refractivity contribution in [3.05, 3.63) is 22.4 Å². The van der Waals surface area contributed by atoms with E-state index in [1.807, 2.05) is 24.4 Å². The molecule has 2 atom stereocenters. The number of carbonyl (C=O) groups excluding carboxylic acids is 3. The van der Waals surface area contributed by atoms with Gasteiger partial charge in [-0.15, -0.1) is 11.3 Å². The van der Waals surface area contributed by atoms with Crippen LogP contribution >= 0.6 is 11.3 Å². The second-order valence-corrected chi connectivity index (χ2v) is 9.56. The summed E-state index contributed by atoms with van der Waals surface area (Å²) in [5.74, 6) is -0.226. The zero-order valence-corrected chi connectivity index (χ0v) is 19.1. The van der Waals surface area contributed by atoms with E-state index in [0.29, 0.717) is 26.2 Å². The number of amides is 3. The molecule has 0 aromatic carbocycles. The summed E-state index contributed by atoms with van der Waals surface area (Å²) in [7, 11) is 0. The Balaban J connectivity index is 1.70. The van der Waals surface area contributed by atoms with Crippen molar-refractivity contribution in [2.45, 2.75) is 58.7 Å². The number of carbonyl (C=O) groups is 3. The Hall–Kier alpha value is -2.13. The molecular formula is C21H34N4O4S. The van der Waals surface area contributed by atoms with Gasteiger partial charge >= 0.3 is 6.09 Å². The molecule has 0 radical (unpaired) electrons. The van der Waals surface area contributed by atoms with Gasteiger partial charge in [0, 0.05) is 24.5 Å². The van der Waals surface area contributed by atoms with Crippen LogP contribution in [0.4, 0.5) is 4.79 Å². The van der Waals surface area contributed by atoms with Crippen molar-refractivity contribution < 1.29 is 19.1 Å². The van der Waals surface area contributed by atoms with E-state index in [0.717, 1.165) is 24.3 Å². The number of alkyl carbamates (subject to hydrolysis) is 1. The lowest BCUT2D eigenvalue weighted by atomic mass is 9.96. The number of ether oxygens (including phenoxy) is 1. The lowest BCUT2D eigenvalue weighted by Gasteiger charge is -2.35.